The quantitative estimate of drug-likeness (QED) is 0.208. The molecule has 1 saturated heterocycles. The Morgan fingerprint density at radius 2 is 1.81 bits per heavy atom. The molecule has 1 aliphatic rings. The molecule has 1 aromatic rings. The zero-order valence-electron chi connectivity index (χ0n) is 22.5. The van der Waals surface area contributed by atoms with Crippen LogP contribution in [0.3, 0.4) is 0 Å². The Kier molecular flexibility index (Phi) is 13.7. The molecule has 36 heavy (non-hydrogen) atoms. The number of hydrogen-bond acceptors (Lipinski definition) is 3. The van der Waals surface area contributed by atoms with Crippen LogP contribution in [0.1, 0.15) is 77.2 Å². The van der Waals surface area contributed by atoms with Crippen LogP contribution in [0.2, 0.25) is 0 Å². The third kappa shape index (κ3) is 11.7. The second-order valence-corrected chi connectivity index (χ2v) is 10.0. The number of likely N-dealkylation sites (tertiary alicyclic amines) is 1. The first-order chi connectivity index (χ1) is 17.4. The number of rotatable bonds is 14. The van der Waals surface area contributed by atoms with E-state index in [1.54, 1.807) is 6.08 Å². The molecule has 3 amide bonds. The number of benzene rings is 1. The lowest BCUT2D eigenvalue weighted by atomic mass is 9.89. The van der Waals surface area contributed by atoms with Gasteiger partial charge in [0.25, 0.3) is 0 Å². The van der Waals surface area contributed by atoms with Crippen LogP contribution in [0.25, 0.3) is 0 Å². The highest BCUT2D eigenvalue weighted by Gasteiger charge is 2.20. The summed E-state index contributed by atoms with van der Waals surface area (Å²) in [6.45, 7) is 13.5. The number of unbranched alkanes of at least 4 members (excludes halogenated alkanes) is 4. The minimum absolute atomic E-state index is 0.0115. The maximum absolute atomic E-state index is 12.0. The van der Waals surface area contributed by atoms with Gasteiger partial charge in [-0.15, -0.1) is 0 Å². The molecular weight excluding hydrogens is 448 g/mol. The molecule has 0 unspecified atom stereocenters. The van der Waals surface area contributed by atoms with Gasteiger partial charge in [0.1, 0.15) is 0 Å². The molecule has 0 saturated carbocycles. The zero-order chi connectivity index (χ0) is 26.2. The molecule has 1 aliphatic heterocycles. The SMILES string of the molecule is C=C/C=C\C=C(/C)NC(=O)NCCCCCCCN1CCC(c2cccc(NC(=O)C(C)C)c2)CC1. The molecule has 1 aromatic carbocycles. The molecule has 1 fully saturated rings. The van der Waals surface area contributed by atoms with E-state index in [1.807, 2.05) is 45.1 Å². The minimum Gasteiger partial charge on any atom is -0.338 e. The smallest absolute Gasteiger partial charge is 0.318 e. The van der Waals surface area contributed by atoms with Gasteiger partial charge in [0.15, 0.2) is 0 Å². The van der Waals surface area contributed by atoms with Gasteiger partial charge in [0, 0.05) is 23.8 Å². The van der Waals surface area contributed by atoms with E-state index in [9.17, 15) is 9.59 Å². The van der Waals surface area contributed by atoms with Crippen LogP contribution >= 0.6 is 0 Å². The maximum atomic E-state index is 12.0. The van der Waals surface area contributed by atoms with Gasteiger partial charge in [-0.1, -0.05) is 70.0 Å². The number of allylic oxidation sites excluding steroid dienone is 5. The van der Waals surface area contributed by atoms with Crippen molar-refractivity contribution < 1.29 is 9.59 Å². The van der Waals surface area contributed by atoms with E-state index in [4.69, 9.17) is 0 Å². The average Bonchev–Trinajstić information content (AvgIpc) is 2.86. The summed E-state index contributed by atoms with van der Waals surface area (Å²) in [6, 6.07) is 8.24. The molecule has 6 heteroatoms. The monoisotopic (exact) mass is 494 g/mol. The number of nitrogens with zero attached hydrogens (tertiary/aromatic N) is 1. The Hall–Kier alpha value is -2.86. The maximum Gasteiger partial charge on any atom is 0.318 e. The van der Waals surface area contributed by atoms with E-state index in [0.29, 0.717) is 12.5 Å². The third-order valence-electron chi connectivity index (χ3n) is 6.58. The topological polar surface area (TPSA) is 73.5 Å². The lowest BCUT2D eigenvalue weighted by Gasteiger charge is -2.32. The molecule has 0 spiro atoms. The minimum atomic E-state index is -0.147. The molecule has 1 heterocycles. The van der Waals surface area contributed by atoms with Crippen molar-refractivity contribution in [3.8, 4) is 0 Å². The van der Waals surface area contributed by atoms with Crippen molar-refractivity contribution in [2.24, 2.45) is 5.92 Å². The molecular formula is C30H46N4O2. The number of urea groups is 1. The van der Waals surface area contributed by atoms with Crippen LogP contribution in [0.15, 0.2) is 60.8 Å². The largest absolute Gasteiger partial charge is 0.338 e. The zero-order valence-corrected chi connectivity index (χ0v) is 22.5. The van der Waals surface area contributed by atoms with Crippen molar-refractivity contribution >= 4 is 17.6 Å². The fourth-order valence-electron chi connectivity index (χ4n) is 4.38. The first kappa shape index (κ1) is 29.4. The number of piperidine rings is 1. The molecule has 0 bridgehead atoms. The summed E-state index contributed by atoms with van der Waals surface area (Å²) in [5.74, 6) is 0.631. The van der Waals surface area contributed by atoms with Gasteiger partial charge in [0.2, 0.25) is 5.91 Å². The lowest BCUT2D eigenvalue weighted by molar-refractivity contribution is -0.118. The number of amides is 3. The highest BCUT2D eigenvalue weighted by atomic mass is 16.2. The van der Waals surface area contributed by atoms with Gasteiger partial charge in [-0.05, 0) is 81.9 Å². The van der Waals surface area contributed by atoms with Crippen molar-refractivity contribution in [1.29, 1.82) is 0 Å². The fraction of sp³-hybridized carbons (Fsp3) is 0.533. The summed E-state index contributed by atoms with van der Waals surface area (Å²) in [7, 11) is 0. The average molecular weight is 495 g/mol. The number of carbonyl (C=O) groups excluding carboxylic acids is 2. The summed E-state index contributed by atoms with van der Waals surface area (Å²) in [5.41, 5.74) is 3.06. The first-order valence-electron chi connectivity index (χ1n) is 13.5. The summed E-state index contributed by atoms with van der Waals surface area (Å²) in [5, 5.41) is 8.76. The van der Waals surface area contributed by atoms with Crippen molar-refractivity contribution in [3.63, 3.8) is 0 Å². The first-order valence-corrected chi connectivity index (χ1v) is 13.5. The van der Waals surface area contributed by atoms with Gasteiger partial charge in [-0.3, -0.25) is 4.79 Å². The number of anilines is 1. The van der Waals surface area contributed by atoms with Gasteiger partial charge in [0.05, 0.1) is 0 Å². The second-order valence-electron chi connectivity index (χ2n) is 10.0. The van der Waals surface area contributed by atoms with Crippen LogP contribution in [0.4, 0.5) is 10.5 Å². The van der Waals surface area contributed by atoms with E-state index in [2.05, 4.69) is 45.6 Å². The molecule has 3 N–H and O–H groups in total. The van der Waals surface area contributed by atoms with Crippen LogP contribution in [0.5, 0.6) is 0 Å². The predicted octanol–water partition coefficient (Wildman–Crippen LogP) is 6.36. The van der Waals surface area contributed by atoms with E-state index < -0.39 is 0 Å². The number of carbonyl (C=O) groups is 2. The van der Waals surface area contributed by atoms with Crippen LogP contribution in [-0.2, 0) is 4.79 Å². The molecule has 6 nitrogen and oxygen atoms in total. The van der Waals surface area contributed by atoms with Crippen LogP contribution in [0, 0.1) is 5.92 Å². The van der Waals surface area contributed by atoms with Crippen molar-refractivity contribution in [3.05, 3.63) is 66.4 Å². The second kappa shape index (κ2) is 16.7. The summed E-state index contributed by atoms with van der Waals surface area (Å²) < 4.78 is 0. The fourth-order valence-corrected chi connectivity index (χ4v) is 4.38. The summed E-state index contributed by atoms with van der Waals surface area (Å²) in [4.78, 5) is 26.5. The standard InChI is InChI=1S/C30H46N4O2/c1-5-6-10-14-25(4)32-30(36)31-19-11-8-7-9-12-20-34-21-17-26(18-22-34)27-15-13-16-28(23-27)33-29(35)24(2)3/h5-6,10,13-16,23-24,26H,1,7-9,11-12,17-22H2,2-4H3,(H,33,35)(H2,31,32,36)/b10-6-,25-14+. The van der Waals surface area contributed by atoms with Gasteiger partial charge in [-0.25, -0.2) is 4.79 Å². The summed E-state index contributed by atoms with van der Waals surface area (Å²) >= 11 is 0. The van der Waals surface area contributed by atoms with Gasteiger partial charge < -0.3 is 20.9 Å². The van der Waals surface area contributed by atoms with E-state index in [0.717, 1.165) is 37.3 Å². The number of hydrogen-bond donors (Lipinski definition) is 3. The van der Waals surface area contributed by atoms with E-state index >= 15 is 0 Å². The van der Waals surface area contributed by atoms with Crippen molar-refractivity contribution in [2.45, 2.75) is 71.6 Å². The normalized spacial score (nSPS) is 15.3. The molecule has 0 aliphatic carbocycles. The van der Waals surface area contributed by atoms with E-state index in [1.165, 1.54) is 44.2 Å². The molecule has 0 atom stereocenters. The highest BCUT2D eigenvalue weighted by molar-refractivity contribution is 5.92. The lowest BCUT2D eigenvalue weighted by Crippen LogP contribution is -2.34. The Balaban J connectivity index is 1.53. The third-order valence-corrected chi connectivity index (χ3v) is 6.58. The molecule has 2 rings (SSSR count). The molecule has 0 radical (unpaired) electrons. The van der Waals surface area contributed by atoms with Crippen LogP contribution in [-0.4, -0.2) is 43.0 Å². The van der Waals surface area contributed by atoms with Gasteiger partial charge >= 0.3 is 6.03 Å². The Morgan fingerprint density at radius 1 is 1.08 bits per heavy atom. The van der Waals surface area contributed by atoms with Crippen LogP contribution < -0.4 is 16.0 Å². The van der Waals surface area contributed by atoms with E-state index in [-0.39, 0.29) is 17.9 Å². The number of nitrogens with one attached hydrogen (secondary N) is 3. The highest BCUT2D eigenvalue weighted by Crippen LogP contribution is 2.29. The summed E-state index contributed by atoms with van der Waals surface area (Å²) in [6.07, 6.45) is 15.4. The van der Waals surface area contributed by atoms with Gasteiger partial charge in [-0.2, -0.15) is 0 Å². The Bertz CT molecular complexity index is 883. The Labute approximate surface area is 218 Å². The van der Waals surface area contributed by atoms with Crippen molar-refractivity contribution in [2.75, 3.05) is 31.5 Å². The Morgan fingerprint density at radius 3 is 2.53 bits per heavy atom. The predicted molar refractivity (Wildman–Crippen MR) is 151 cm³/mol. The molecule has 0 aromatic heterocycles. The van der Waals surface area contributed by atoms with Crippen molar-refractivity contribution in [1.82, 2.24) is 15.5 Å². The molecule has 198 valence electrons.